The second kappa shape index (κ2) is 6.34. The zero-order valence-corrected chi connectivity index (χ0v) is 11.2. The van der Waals surface area contributed by atoms with Gasteiger partial charge in [0.1, 0.15) is 0 Å². The van der Waals surface area contributed by atoms with E-state index in [2.05, 4.69) is 0 Å². The van der Waals surface area contributed by atoms with Crippen molar-refractivity contribution >= 4 is 16.8 Å². The fraction of sp³-hybridized carbons (Fsp3) is 0.250. The Kier molecular flexibility index (Phi) is 6.23. The van der Waals surface area contributed by atoms with Gasteiger partial charge in [-0.15, -0.1) is 0 Å². The molecule has 1 atom stereocenters. The maximum Gasteiger partial charge on any atom is 1.00 e. The molecule has 0 spiro atoms. The van der Waals surface area contributed by atoms with Gasteiger partial charge in [-0.25, -0.2) is 0 Å². The van der Waals surface area contributed by atoms with Crippen LogP contribution in [0.3, 0.4) is 0 Å². The molecule has 0 aliphatic rings. The number of nitro groups is 1. The molecule has 0 aliphatic heterocycles. The Balaban J connectivity index is 0.00000196. The third-order valence-electron chi connectivity index (χ3n) is 1.89. The Morgan fingerprint density at radius 2 is 2.07 bits per heavy atom. The fourth-order valence-corrected chi connectivity index (χ4v) is 1.72. The van der Waals surface area contributed by atoms with Crippen molar-refractivity contribution in [1.82, 2.24) is 0 Å². The summed E-state index contributed by atoms with van der Waals surface area (Å²) in [7, 11) is 0. The van der Waals surface area contributed by atoms with E-state index in [1.165, 1.54) is 12.1 Å². The van der Waals surface area contributed by atoms with E-state index in [-0.39, 0.29) is 41.0 Å². The molecular formula is C8H8NNaO4S. The smallest absolute Gasteiger partial charge is 0.772 e. The van der Waals surface area contributed by atoms with Crippen LogP contribution in [0.5, 0.6) is 0 Å². The van der Waals surface area contributed by atoms with E-state index in [9.17, 15) is 18.9 Å². The normalized spacial score (nSPS) is 11.6. The number of hydrogen-bond acceptors (Lipinski definition) is 4. The third kappa shape index (κ3) is 4.00. The molecule has 15 heavy (non-hydrogen) atoms. The van der Waals surface area contributed by atoms with Gasteiger partial charge in [0.15, 0.2) is 0 Å². The summed E-state index contributed by atoms with van der Waals surface area (Å²) in [5.41, 5.74) is 0.821. The molecular weight excluding hydrogens is 229 g/mol. The first-order chi connectivity index (χ1) is 6.52. The van der Waals surface area contributed by atoms with Crippen LogP contribution in [0, 0.1) is 17.0 Å². The monoisotopic (exact) mass is 237 g/mol. The molecule has 1 aromatic carbocycles. The van der Waals surface area contributed by atoms with Crippen molar-refractivity contribution < 1.29 is 43.2 Å². The minimum atomic E-state index is -2.22. The molecule has 0 aromatic heterocycles. The summed E-state index contributed by atoms with van der Waals surface area (Å²) < 4.78 is 20.9. The molecule has 1 aromatic rings. The quantitative estimate of drug-likeness (QED) is 0.271. The summed E-state index contributed by atoms with van der Waals surface area (Å²) >= 11 is -2.22. The zero-order valence-electron chi connectivity index (χ0n) is 8.43. The van der Waals surface area contributed by atoms with Gasteiger partial charge in [-0.1, -0.05) is 23.2 Å². The molecule has 5 nitrogen and oxygen atoms in total. The van der Waals surface area contributed by atoms with Crippen molar-refractivity contribution in [3.63, 3.8) is 0 Å². The van der Waals surface area contributed by atoms with Crippen LogP contribution in [-0.4, -0.2) is 13.7 Å². The number of hydrogen-bond donors (Lipinski definition) is 0. The van der Waals surface area contributed by atoms with E-state index in [1.54, 1.807) is 13.0 Å². The predicted octanol–water partition coefficient (Wildman–Crippen LogP) is -1.71. The van der Waals surface area contributed by atoms with Crippen molar-refractivity contribution in [3.05, 3.63) is 39.4 Å². The van der Waals surface area contributed by atoms with Crippen molar-refractivity contribution in [2.75, 3.05) is 0 Å². The molecule has 0 saturated carbocycles. The molecule has 0 saturated heterocycles. The summed E-state index contributed by atoms with van der Waals surface area (Å²) in [6.45, 7) is 1.54. The van der Waals surface area contributed by atoms with Gasteiger partial charge < -0.3 is 4.55 Å². The van der Waals surface area contributed by atoms with Gasteiger partial charge in [0.05, 0.1) is 4.92 Å². The molecule has 76 valence electrons. The van der Waals surface area contributed by atoms with Crippen molar-refractivity contribution in [1.29, 1.82) is 0 Å². The number of benzene rings is 1. The zero-order chi connectivity index (χ0) is 10.7. The molecule has 0 bridgehead atoms. The molecule has 0 fully saturated rings. The van der Waals surface area contributed by atoms with Crippen molar-refractivity contribution in [3.8, 4) is 0 Å². The van der Waals surface area contributed by atoms with Gasteiger partial charge in [0.25, 0.3) is 5.69 Å². The average molecular weight is 237 g/mol. The fourth-order valence-electron chi connectivity index (χ4n) is 1.15. The number of nitro benzene ring substituents is 1. The molecule has 7 heteroatoms. The van der Waals surface area contributed by atoms with Gasteiger partial charge in [-0.2, -0.15) is 0 Å². The topological polar surface area (TPSA) is 83.3 Å². The molecule has 0 heterocycles. The predicted molar refractivity (Wildman–Crippen MR) is 50.5 cm³/mol. The Hall–Kier alpha value is -0.270. The summed E-state index contributed by atoms with van der Waals surface area (Å²) in [4.78, 5) is 9.99. The third-order valence-corrected chi connectivity index (χ3v) is 2.43. The van der Waals surface area contributed by atoms with E-state index >= 15 is 0 Å². The second-order valence-corrected chi connectivity index (χ2v) is 3.66. The van der Waals surface area contributed by atoms with Crippen LogP contribution in [0.2, 0.25) is 0 Å². The van der Waals surface area contributed by atoms with E-state index < -0.39 is 16.0 Å². The Morgan fingerprint density at radius 3 is 2.53 bits per heavy atom. The minimum Gasteiger partial charge on any atom is -0.772 e. The first-order valence-corrected chi connectivity index (χ1v) is 5.05. The maximum absolute atomic E-state index is 10.5. The summed E-state index contributed by atoms with van der Waals surface area (Å²) in [6.07, 6.45) is 0. The second-order valence-electron chi connectivity index (χ2n) is 2.77. The maximum atomic E-state index is 10.5. The van der Waals surface area contributed by atoms with Crippen LogP contribution in [0.25, 0.3) is 0 Å². The average Bonchev–Trinajstić information content (AvgIpc) is 2.07. The van der Waals surface area contributed by atoms with Gasteiger partial charge in [-0.3, -0.25) is 14.3 Å². The minimum absolute atomic E-state index is 0. The van der Waals surface area contributed by atoms with Gasteiger partial charge in [0.2, 0.25) is 0 Å². The summed E-state index contributed by atoms with van der Waals surface area (Å²) in [5, 5.41) is 10.5. The molecule has 1 rings (SSSR count). The van der Waals surface area contributed by atoms with Crippen LogP contribution in [0.15, 0.2) is 18.2 Å². The Morgan fingerprint density at radius 1 is 1.47 bits per heavy atom. The number of rotatable bonds is 3. The van der Waals surface area contributed by atoms with Gasteiger partial charge in [-0.05, 0) is 12.5 Å². The van der Waals surface area contributed by atoms with Crippen molar-refractivity contribution in [2.24, 2.45) is 0 Å². The first-order valence-electron chi connectivity index (χ1n) is 3.81. The van der Waals surface area contributed by atoms with Gasteiger partial charge in [0, 0.05) is 17.4 Å². The molecule has 0 aliphatic carbocycles. The van der Waals surface area contributed by atoms with E-state index in [1.807, 2.05) is 0 Å². The van der Waals surface area contributed by atoms with Crippen LogP contribution in [0.1, 0.15) is 11.1 Å². The standard InChI is InChI=1S/C8H9NO4S.Na/c1-6-7(5-14(12)13)3-2-4-8(6)9(10)11;/h2-4H,5H2,1H3,(H,12,13);/q;+1/p-1. The largest absolute Gasteiger partial charge is 1.00 e. The van der Waals surface area contributed by atoms with Crippen LogP contribution >= 0.6 is 0 Å². The first kappa shape index (κ1) is 14.7. The Bertz CT molecular complexity index is 396. The SMILES string of the molecule is Cc1c(CS(=O)[O-])cccc1[N+](=O)[O-].[Na+]. The Labute approximate surface area is 112 Å². The van der Waals surface area contributed by atoms with Crippen molar-refractivity contribution in [2.45, 2.75) is 12.7 Å². The van der Waals surface area contributed by atoms with Gasteiger partial charge >= 0.3 is 29.6 Å². The number of nitrogens with zero attached hydrogens (tertiary/aromatic N) is 1. The van der Waals surface area contributed by atoms with Crippen LogP contribution < -0.4 is 29.6 Å². The van der Waals surface area contributed by atoms with E-state index in [0.29, 0.717) is 11.1 Å². The van der Waals surface area contributed by atoms with E-state index in [0.717, 1.165) is 0 Å². The molecule has 0 N–H and O–H groups in total. The van der Waals surface area contributed by atoms with Crippen LogP contribution in [-0.2, 0) is 16.8 Å². The van der Waals surface area contributed by atoms with E-state index in [4.69, 9.17) is 0 Å². The molecule has 0 amide bonds. The summed E-state index contributed by atoms with van der Waals surface area (Å²) in [5.74, 6) is -0.187. The van der Waals surface area contributed by atoms with Crippen LogP contribution in [0.4, 0.5) is 5.69 Å². The molecule has 1 unspecified atom stereocenters. The summed E-state index contributed by atoms with van der Waals surface area (Å²) in [6, 6.07) is 4.40. The molecule has 0 radical (unpaired) electrons.